The number of fused-ring (bicyclic) bond motifs is 1. The van der Waals surface area contributed by atoms with Gasteiger partial charge < -0.3 is 4.84 Å². The van der Waals surface area contributed by atoms with Crippen molar-refractivity contribution in [2.75, 3.05) is 6.61 Å². The third-order valence-electron chi connectivity index (χ3n) is 3.89. The molecule has 2 aromatic heterocycles. The van der Waals surface area contributed by atoms with Gasteiger partial charge in [-0.3, -0.25) is 4.98 Å². The Morgan fingerprint density at radius 3 is 2.43 bits per heavy atom. The summed E-state index contributed by atoms with van der Waals surface area (Å²) in [7, 11) is 0. The second-order valence-electron chi connectivity index (χ2n) is 5.85. The SMILES string of the molecule is C=CCc1cn(OCC)c(-c2ccccc2)n1.Cl.c1ccc2ncccc2c1. The average Bonchev–Trinajstić information content (AvgIpc) is 3.12. The van der Waals surface area contributed by atoms with Crippen LogP contribution < -0.4 is 4.84 Å². The maximum Gasteiger partial charge on any atom is 0.175 e. The van der Waals surface area contributed by atoms with Crippen LogP contribution in [0.25, 0.3) is 22.3 Å². The number of benzene rings is 2. The van der Waals surface area contributed by atoms with Crippen molar-refractivity contribution in [2.24, 2.45) is 0 Å². The third kappa shape index (κ3) is 5.44. The lowest BCUT2D eigenvalue weighted by atomic mass is 10.2. The molecule has 0 unspecified atom stereocenters. The first-order valence-corrected chi connectivity index (χ1v) is 8.99. The molecule has 0 aliphatic carbocycles. The van der Waals surface area contributed by atoms with Crippen LogP contribution >= 0.6 is 12.4 Å². The summed E-state index contributed by atoms with van der Waals surface area (Å²) in [4.78, 5) is 14.3. The highest BCUT2D eigenvalue weighted by molar-refractivity contribution is 5.85. The molecule has 0 aliphatic heterocycles. The van der Waals surface area contributed by atoms with Crippen molar-refractivity contribution < 1.29 is 4.84 Å². The molecule has 0 N–H and O–H groups in total. The summed E-state index contributed by atoms with van der Waals surface area (Å²) in [6.07, 6.45) is 6.31. The van der Waals surface area contributed by atoms with Crippen LogP contribution in [0.2, 0.25) is 0 Å². The van der Waals surface area contributed by atoms with Gasteiger partial charge in [0.25, 0.3) is 0 Å². The highest BCUT2D eigenvalue weighted by Gasteiger charge is 2.09. The van der Waals surface area contributed by atoms with Crippen molar-refractivity contribution in [1.29, 1.82) is 0 Å². The highest BCUT2D eigenvalue weighted by atomic mass is 35.5. The Hall–Kier alpha value is -3.11. The number of imidazole rings is 1. The monoisotopic (exact) mass is 393 g/mol. The van der Waals surface area contributed by atoms with Gasteiger partial charge in [-0.15, -0.1) is 19.0 Å². The quantitative estimate of drug-likeness (QED) is 0.427. The van der Waals surface area contributed by atoms with Crippen LogP contribution in [0.3, 0.4) is 0 Å². The van der Waals surface area contributed by atoms with E-state index < -0.39 is 0 Å². The minimum absolute atomic E-state index is 0. The molecule has 0 radical (unpaired) electrons. The predicted molar refractivity (Wildman–Crippen MR) is 118 cm³/mol. The van der Waals surface area contributed by atoms with E-state index in [9.17, 15) is 0 Å². The second kappa shape index (κ2) is 10.9. The number of pyridine rings is 1. The summed E-state index contributed by atoms with van der Waals surface area (Å²) in [6, 6.07) is 22.1. The summed E-state index contributed by atoms with van der Waals surface area (Å²) in [5.74, 6) is 0.837. The molecule has 0 aliphatic rings. The molecule has 0 saturated carbocycles. The van der Waals surface area contributed by atoms with E-state index in [0.29, 0.717) is 6.61 Å². The van der Waals surface area contributed by atoms with Crippen LogP contribution in [-0.2, 0) is 6.42 Å². The zero-order valence-electron chi connectivity index (χ0n) is 15.9. The van der Waals surface area contributed by atoms with Gasteiger partial charge in [-0.2, -0.15) is 4.73 Å². The number of halogens is 1. The fraction of sp³-hybridized carbons (Fsp3) is 0.130. The smallest absolute Gasteiger partial charge is 0.175 e. The summed E-state index contributed by atoms with van der Waals surface area (Å²) in [5.41, 5.74) is 3.08. The summed E-state index contributed by atoms with van der Waals surface area (Å²) in [6.45, 7) is 6.30. The van der Waals surface area contributed by atoms with E-state index in [-0.39, 0.29) is 12.4 Å². The van der Waals surface area contributed by atoms with Crippen molar-refractivity contribution in [1.82, 2.24) is 14.7 Å². The molecule has 4 nitrogen and oxygen atoms in total. The molecule has 0 fully saturated rings. The molecular weight excluding hydrogens is 370 g/mol. The van der Waals surface area contributed by atoms with Crippen LogP contribution in [0.15, 0.2) is 91.8 Å². The molecule has 2 aromatic carbocycles. The number of aromatic nitrogens is 3. The first-order chi connectivity index (χ1) is 13.3. The highest BCUT2D eigenvalue weighted by Crippen LogP contribution is 2.18. The van der Waals surface area contributed by atoms with Gasteiger partial charge in [-0.25, -0.2) is 4.98 Å². The fourth-order valence-electron chi connectivity index (χ4n) is 2.69. The Labute approximate surface area is 171 Å². The van der Waals surface area contributed by atoms with Crippen molar-refractivity contribution in [2.45, 2.75) is 13.3 Å². The number of para-hydroxylation sites is 1. The number of allylic oxidation sites excluding steroid dienone is 1. The van der Waals surface area contributed by atoms with E-state index in [1.165, 1.54) is 5.39 Å². The van der Waals surface area contributed by atoms with Gasteiger partial charge in [0.15, 0.2) is 5.82 Å². The van der Waals surface area contributed by atoms with Gasteiger partial charge in [0.05, 0.1) is 17.4 Å². The molecule has 0 atom stereocenters. The second-order valence-corrected chi connectivity index (χ2v) is 5.85. The Morgan fingerprint density at radius 1 is 1.00 bits per heavy atom. The van der Waals surface area contributed by atoms with Crippen LogP contribution in [0.4, 0.5) is 0 Å². The van der Waals surface area contributed by atoms with Gasteiger partial charge in [0, 0.05) is 23.6 Å². The van der Waals surface area contributed by atoms with Gasteiger partial charge in [-0.05, 0) is 19.1 Å². The standard InChI is InChI=1S/C14H16N2O.C9H7N.ClH/c1-3-8-13-11-16(17-4-2)14(15-13)12-9-6-5-7-10-12;1-2-6-9-8(4-1)5-3-7-10-9;/h3,5-7,9-11H,1,4,8H2,2H3;1-7H;1H. The lowest BCUT2D eigenvalue weighted by Gasteiger charge is -2.06. The normalized spacial score (nSPS) is 9.75. The molecule has 4 rings (SSSR count). The summed E-state index contributed by atoms with van der Waals surface area (Å²) in [5, 5.41) is 1.20. The first kappa shape index (κ1) is 21.2. The van der Waals surface area contributed by atoms with Crippen molar-refractivity contribution >= 4 is 23.3 Å². The van der Waals surface area contributed by atoms with E-state index >= 15 is 0 Å². The Bertz CT molecular complexity index is 934. The van der Waals surface area contributed by atoms with Crippen LogP contribution in [0.5, 0.6) is 0 Å². The number of rotatable bonds is 5. The van der Waals surface area contributed by atoms with Gasteiger partial charge in [0.2, 0.25) is 0 Å². The summed E-state index contributed by atoms with van der Waals surface area (Å²) >= 11 is 0. The molecular formula is C23H24ClN3O. The minimum atomic E-state index is 0. The summed E-state index contributed by atoms with van der Waals surface area (Å²) < 4.78 is 1.73. The van der Waals surface area contributed by atoms with Crippen LogP contribution in [-0.4, -0.2) is 21.3 Å². The number of nitrogens with zero attached hydrogens (tertiary/aromatic N) is 3. The molecule has 0 saturated heterocycles. The molecule has 0 spiro atoms. The molecule has 5 heteroatoms. The Morgan fingerprint density at radius 2 is 1.71 bits per heavy atom. The van der Waals surface area contributed by atoms with Crippen molar-refractivity contribution in [3.8, 4) is 11.4 Å². The van der Waals surface area contributed by atoms with E-state index in [0.717, 1.165) is 29.0 Å². The zero-order chi connectivity index (χ0) is 18.9. The van der Waals surface area contributed by atoms with E-state index in [4.69, 9.17) is 4.84 Å². The van der Waals surface area contributed by atoms with E-state index in [1.54, 1.807) is 4.73 Å². The van der Waals surface area contributed by atoms with E-state index in [1.807, 2.05) is 80.0 Å². The zero-order valence-corrected chi connectivity index (χ0v) is 16.7. The molecule has 144 valence electrons. The fourth-order valence-corrected chi connectivity index (χ4v) is 2.69. The maximum absolute atomic E-state index is 5.54. The van der Waals surface area contributed by atoms with Gasteiger partial charge in [0.1, 0.15) is 6.61 Å². The third-order valence-corrected chi connectivity index (χ3v) is 3.89. The van der Waals surface area contributed by atoms with Crippen molar-refractivity contribution in [3.05, 3.63) is 97.5 Å². The van der Waals surface area contributed by atoms with Crippen LogP contribution in [0, 0.1) is 0 Å². The number of hydrogen-bond acceptors (Lipinski definition) is 3. The van der Waals surface area contributed by atoms with Crippen LogP contribution in [0.1, 0.15) is 12.6 Å². The molecule has 28 heavy (non-hydrogen) atoms. The van der Waals surface area contributed by atoms with Gasteiger partial charge >= 0.3 is 0 Å². The predicted octanol–water partition coefficient (Wildman–Crippen LogP) is 5.38. The lowest BCUT2D eigenvalue weighted by Crippen LogP contribution is -2.10. The number of hydrogen-bond donors (Lipinski definition) is 0. The lowest BCUT2D eigenvalue weighted by molar-refractivity contribution is 0.125. The minimum Gasteiger partial charge on any atom is -0.413 e. The molecule has 0 amide bonds. The van der Waals surface area contributed by atoms with Crippen molar-refractivity contribution in [3.63, 3.8) is 0 Å². The Kier molecular flexibility index (Phi) is 8.25. The Balaban J connectivity index is 0.000000217. The topological polar surface area (TPSA) is 39.9 Å². The molecule has 0 bridgehead atoms. The largest absolute Gasteiger partial charge is 0.413 e. The molecule has 2 heterocycles. The van der Waals surface area contributed by atoms with E-state index in [2.05, 4.69) is 28.7 Å². The van der Waals surface area contributed by atoms with Gasteiger partial charge in [-0.1, -0.05) is 60.7 Å². The molecule has 4 aromatic rings. The first-order valence-electron chi connectivity index (χ1n) is 8.99. The average molecular weight is 394 g/mol. The maximum atomic E-state index is 5.54.